The number of hydrogen-bond acceptors (Lipinski definition) is 3. The minimum Gasteiger partial charge on any atom is -0.308 e. The van der Waals surface area contributed by atoms with E-state index in [-0.39, 0.29) is 0 Å². The van der Waals surface area contributed by atoms with Gasteiger partial charge in [-0.05, 0) is 31.7 Å². The van der Waals surface area contributed by atoms with Crippen molar-refractivity contribution in [3.63, 3.8) is 0 Å². The van der Waals surface area contributed by atoms with E-state index in [1.165, 1.54) is 17.1 Å². The van der Waals surface area contributed by atoms with Gasteiger partial charge in [-0.2, -0.15) is 11.8 Å². The summed E-state index contributed by atoms with van der Waals surface area (Å²) < 4.78 is 2.21. The molecule has 0 bridgehead atoms. The van der Waals surface area contributed by atoms with Crippen molar-refractivity contribution in [3.05, 3.63) is 48.0 Å². The third-order valence-electron chi connectivity index (χ3n) is 3.23. The molecule has 0 saturated carbocycles. The van der Waals surface area contributed by atoms with Crippen molar-refractivity contribution < 1.29 is 0 Å². The molecule has 1 atom stereocenters. The molecule has 0 saturated heterocycles. The van der Waals surface area contributed by atoms with E-state index < -0.39 is 0 Å². The molecule has 2 aromatic rings. The number of rotatable bonds is 7. The Morgan fingerprint density at radius 1 is 1.30 bits per heavy atom. The van der Waals surface area contributed by atoms with Crippen LogP contribution in [0.5, 0.6) is 0 Å². The first-order valence-electron chi connectivity index (χ1n) is 7.12. The highest BCUT2D eigenvalue weighted by Crippen LogP contribution is 2.14. The van der Waals surface area contributed by atoms with Gasteiger partial charge in [-0.3, -0.25) is 4.57 Å². The van der Waals surface area contributed by atoms with Crippen LogP contribution in [0.1, 0.15) is 25.4 Å². The van der Waals surface area contributed by atoms with Crippen molar-refractivity contribution in [1.29, 1.82) is 0 Å². The zero-order valence-corrected chi connectivity index (χ0v) is 13.3. The topological polar surface area (TPSA) is 29.9 Å². The zero-order chi connectivity index (χ0) is 14.4. The summed E-state index contributed by atoms with van der Waals surface area (Å²) in [6.07, 6.45) is 1.97. The molecule has 0 aliphatic heterocycles. The molecule has 20 heavy (non-hydrogen) atoms. The average Bonchev–Trinajstić information content (AvgIpc) is 2.84. The number of imidazole rings is 1. The summed E-state index contributed by atoms with van der Waals surface area (Å²) >= 11 is 1.97. The van der Waals surface area contributed by atoms with Gasteiger partial charge < -0.3 is 5.32 Å². The van der Waals surface area contributed by atoms with E-state index in [4.69, 9.17) is 0 Å². The van der Waals surface area contributed by atoms with Gasteiger partial charge in [0.1, 0.15) is 5.82 Å². The fourth-order valence-corrected chi connectivity index (χ4v) is 2.89. The van der Waals surface area contributed by atoms with Crippen molar-refractivity contribution in [2.45, 2.75) is 33.4 Å². The Labute approximate surface area is 125 Å². The molecule has 4 heteroatoms. The van der Waals surface area contributed by atoms with E-state index >= 15 is 0 Å². The van der Waals surface area contributed by atoms with Gasteiger partial charge in [-0.25, -0.2) is 4.98 Å². The van der Waals surface area contributed by atoms with Crippen molar-refractivity contribution in [3.8, 4) is 5.69 Å². The van der Waals surface area contributed by atoms with E-state index in [2.05, 4.69) is 53.0 Å². The van der Waals surface area contributed by atoms with Crippen LogP contribution in [-0.4, -0.2) is 27.1 Å². The molecule has 1 unspecified atom stereocenters. The Balaban J connectivity index is 2.06. The number of aryl methyl sites for hydroxylation is 1. The van der Waals surface area contributed by atoms with Gasteiger partial charge in [0.05, 0.1) is 11.9 Å². The maximum absolute atomic E-state index is 4.45. The lowest BCUT2D eigenvalue weighted by Gasteiger charge is -2.15. The van der Waals surface area contributed by atoms with E-state index in [0.717, 1.165) is 18.1 Å². The third kappa shape index (κ3) is 3.87. The molecule has 0 fully saturated rings. The normalized spacial score (nSPS) is 12.6. The molecule has 1 aromatic carbocycles. The van der Waals surface area contributed by atoms with Crippen LogP contribution in [0.4, 0.5) is 0 Å². The predicted octanol–water partition coefficient (Wildman–Crippen LogP) is 3.41. The second-order valence-corrected chi connectivity index (χ2v) is 6.23. The maximum atomic E-state index is 4.45. The summed E-state index contributed by atoms with van der Waals surface area (Å²) in [4.78, 5) is 4.45. The number of nitrogens with one attached hydrogen (secondary N) is 1. The quantitative estimate of drug-likeness (QED) is 0.847. The highest BCUT2D eigenvalue weighted by Gasteiger charge is 2.09. The SMILES string of the molecule is CCSCC(C)NCc1cnc(C)n1-c1ccccc1. The van der Waals surface area contributed by atoms with Crippen LogP contribution in [0.25, 0.3) is 5.69 Å². The van der Waals surface area contributed by atoms with Gasteiger partial charge in [0.15, 0.2) is 0 Å². The van der Waals surface area contributed by atoms with Crippen molar-refractivity contribution in [1.82, 2.24) is 14.9 Å². The molecule has 1 heterocycles. The Morgan fingerprint density at radius 2 is 2.05 bits per heavy atom. The van der Waals surface area contributed by atoms with Crippen LogP contribution in [0, 0.1) is 6.92 Å². The lowest BCUT2D eigenvalue weighted by atomic mass is 10.3. The Bertz CT molecular complexity index is 522. The highest BCUT2D eigenvalue weighted by molar-refractivity contribution is 7.99. The molecule has 108 valence electrons. The molecule has 0 spiro atoms. The first kappa shape index (κ1) is 15.1. The van der Waals surface area contributed by atoms with Gasteiger partial charge in [0.2, 0.25) is 0 Å². The smallest absolute Gasteiger partial charge is 0.110 e. The first-order valence-corrected chi connectivity index (χ1v) is 8.27. The number of benzene rings is 1. The van der Waals surface area contributed by atoms with Crippen molar-refractivity contribution >= 4 is 11.8 Å². The van der Waals surface area contributed by atoms with Crippen LogP contribution in [0.2, 0.25) is 0 Å². The third-order valence-corrected chi connectivity index (χ3v) is 4.37. The van der Waals surface area contributed by atoms with Crippen LogP contribution in [0.3, 0.4) is 0 Å². The van der Waals surface area contributed by atoms with Crippen LogP contribution < -0.4 is 5.32 Å². The molecule has 1 N–H and O–H groups in total. The lowest BCUT2D eigenvalue weighted by molar-refractivity contribution is 0.582. The summed E-state index contributed by atoms with van der Waals surface area (Å²) in [5.41, 5.74) is 2.39. The minimum absolute atomic E-state index is 0.513. The van der Waals surface area contributed by atoms with E-state index in [1.807, 2.05) is 30.9 Å². The largest absolute Gasteiger partial charge is 0.308 e. The summed E-state index contributed by atoms with van der Waals surface area (Å²) in [6.45, 7) is 7.33. The second kappa shape index (κ2) is 7.50. The summed E-state index contributed by atoms with van der Waals surface area (Å²) in [5.74, 6) is 3.35. The molecule has 0 aliphatic carbocycles. The summed E-state index contributed by atoms with van der Waals surface area (Å²) in [5, 5.41) is 3.58. The van der Waals surface area contributed by atoms with Crippen LogP contribution >= 0.6 is 11.8 Å². The molecule has 3 nitrogen and oxygen atoms in total. The van der Waals surface area contributed by atoms with E-state index in [1.54, 1.807) is 0 Å². The zero-order valence-electron chi connectivity index (χ0n) is 12.5. The van der Waals surface area contributed by atoms with Gasteiger partial charge in [0.25, 0.3) is 0 Å². The van der Waals surface area contributed by atoms with Crippen LogP contribution in [-0.2, 0) is 6.54 Å². The van der Waals surface area contributed by atoms with Gasteiger partial charge >= 0.3 is 0 Å². The lowest BCUT2D eigenvalue weighted by Crippen LogP contribution is -2.28. The first-order chi connectivity index (χ1) is 9.72. The molecule has 0 radical (unpaired) electrons. The second-order valence-electron chi connectivity index (χ2n) is 4.91. The molecule has 1 aromatic heterocycles. The molecule has 0 amide bonds. The van der Waals surface area contributed by atoms with E-state index in [0.29, 0.717) is 6.04 Å². The van der Waals surface area contributed by atoms with Crippen molar-refractivity contribution in [2.24, 2.45) is 0 Å². The fourth-order valence-electron chi connectivity index (χ4n) is 2.18. The van der Waals surface area contributed by atoms with Crippen molar-refractivity contribution in [2.75, 3.05) is 11.5 Å². The number of nitrogens with zero attached hydrogens (tertiary/aromatic N) is 2. The number of hydrogen-bond donors (Lipinski definition) is 1. The molecule has 2 rings (SSSR count). The number of aromatic nitrogens is 2. The van der Waals surface area contributed by atoms with Crippen LogP contribution in [0.15, 0.2) is 36.5 Å². The number of para-hydroxylation sites is 1. The summed E-state index contributed by atoms with van der Waals surface area (Å²) in [7, 11) is 0. The average molecular weight is 289 g/mol. The van der Waals surface area contributed by atoms with E-state index in [9.17, 15) is 0 Å². The highest BCUT2D eigenvalue weighted by atomic mass is 32.2. The molecule has 0 aliphatic rings. The molecular formula is C16H23N3S. The Kier molecular flexibility index (Phi) is 5.68. The monoisotopic (exact) mass is 289 g/mol. The Morgan fingerprint density at radius 3 is 2.75 bits per heavy atom. The predicted molar refractivity (Wildman–Crippen MR) is 87.6 cm³/mol. The minimum atomic E-state index is 0.513. The Hall–Kier alpha value is -1.26. The summed E-state index contributed by atoms with van der Waals surface area (Å²) in [6, 6.07) is 10.9. The maximum Gasteiger partial charge on any atom is 0.110 e. The van der Waals surface area contributed by atoms with Gasteiger partial charge in [0, 0.05) is 24.0 Å². The van der Waals surface area contributed by atoms with Gasteiger partial charge in [-0.15, -0.1) is 0 Å². The fraction of sp³-hybridized carbons (Fsp3) is 0.438. The number of thioether (sulfide) groups is 1. The standard InChI is InChI=1S/C16H23N3S/c1-4-20-12-13(2)17-10-16-11-18-14(3)19(16)15-8-6-5-7-9-15/h5-9,11,13,17H,4,10,12H2,1-3H3. The van der Waals surface area contributed by atoms with Gasteiger partial charge in [-0.1, -0.05) is 25.1 Å². The molecular weight excluding hydrogens is 266 g/mol.